The van der Waals surface area contributed by atoms with Gasteiger partial charge in [-0.05, 0) is 45.1 Å². The molecule has 0 saturated heterocycles. The molecule has 2 atom stereocenters. The van der Waals surface area contributed by atoms with Gasteiger partial charge >= 0.3 is 8.25 Å². The van der Waals surface area contributed by atoms with Crippen molar-refractivity contribution in [2.75, 3.05) is 6.54 Å². The Morgan fingerprint density at radius 2 is 1.57 bits per heavy atom. The van der Waals surface area contributed by atoms with Crippen molar-refractivity contribution in [2.45, 2.75) is 104 Å². The fourth-order valence-corrected chi connectivity index (χ4v) is 4.78. The zero-order valence-corrected chi connectivity index (χ0v) is 16.3. The smallest absolute Gasteiger partial charge is 0.285 e. The fraction of sp³-hybridized carbons (Fsp3) is 1.00. The predicted octanol–water partition coefficient (Wildman–Crippen LogP) is 5.68. The van der Waals surface area contributed by atoms with Crippen molar-refractivity contribution in [3.05, 3.63) is 0 Å². The van der Waals surface area contributed by atoms with Crippen molar-refractivity contribution in [1.82, 2.24) is 5.32 Å². The highest BCUT2D eigenvalue weighted by Gasteiger charge is 2.57. The first kappa shape index (κ1) is 21.0. The quantitative estimate of drug-likeness (QED) is 0.271. The Morgan fingerprint density at radius 1 is 1.00 bits per heavy atom. The van der Waals surface area contributed by atoms with E-state index in [1.165, 1.54) is 6.42 Å². The lowest BCUT2D eigenvalue weighted by Crippen LogP contribution is -2.61. The van der Waals surface area contributed by atoms with Gasteiger partial charge in [-0.2, -0.15) is 0 Å². The van der Waals surface area contributed by atoms with Crippen LogP contribution in [0.1, 0.15) is 97.8 Å². The Kier molecular flexibility index (Phi) is 9.84. The number of hydrogen-bond acceptors (Lipinski definition) is 3. The molecule has 0 spiro atoms. The van der Waals surface area contributed by atoms with E-state index in [9.17, 15) is 9.46 Å². The molecule has 0 heterocycles. The van der Waals surface area contributed by atoms with E-state index in [0.29, 0.717) is 0 Å². The second-order valence-electron chi connectivity index (χ2n) is 7.13. The van der Waals surface area contributed by atoms with Crippen LogP contribution >= 0.6 is 8.25 Å². The summed E-state index contributed by atoms with van der Waals surface area (Å²) in [4.78, 5) is 9.56. The zero-order valence-electron chi connectivity index (χ0n) is 15.4. The van der Waals surface area contributed by atoms with Crippen LogP contribution in [0.25, 0.3) is 0 Å². The molecule has 4 nitrogen and oxygen atoms in total. The first-order valence-corrected chi connectivity index (χ1v) is 10.8. The summed E-state index contributed by atoms with van der Waals surface area (Å²) >= 11 is 0. The molecule has 0 aromatic rings. The molecule has 2 N–H and O–H groups in total. The molecule has 0 bridgehead atoms. The Bertz CT molecular complexity index is 343. The van der Waals surface area contributed by atoms with Crippen LogP contribution in [0.15, 0.2) is 0 Å². The minimum Gasteiger partial charge on any atom is -0.285 e. The molecular formula is C18H37NO3P+. The van der Waals surface area contributed by atoms with Gasteiger partial charge in [0.1, 0.15) is 0 Å². The zero-order chi connectivity index (χ0) is 17.2. The average Bonchev–Trinajstić information content (AvgIpc) is 2.53. The molecule has 0 aromatic carbocycles. The first-order chi connectivity index (χ1) is 11.1. The number of nitrogens with one attached hydrogen (secondary N) is 1. The fourth-order valence-electron chi connectivity index (χ4n) is 4.16. The number of rotatable bonds is 12. The van der Waals surface area contributed by atoms with Crippen molar-refractivity contribution < 1.29 is 14.0 Å². The molecule has 136 valence electrons. The lowest BCUT2D eigenvalue weighted by molar-refractivity contribution is -0.129. The second-order valence-corrected chi connectivity index (χ2v) is 7.79. The van der Waals surface area contributed by atoms with Gasteiger partial charge in [-0.25, -0.2) is 0 Å². The minimum atomic E-state index is -2.59. The van der Waals surface area contributed by atoms with Crippen LogP contribution in [0, 0.1) is 5.41 Å². The third-order valence-corrected chi connectivity index (χ3v) is 5.95. The van der Waals surface area contributed by atoms with Gasteiger partial charge in [0.2, 0.25) is 0 Å². The van der Waals surface area contributed by atoms with Crippen LogP contribution in [-0.2, 0) is 9.09 Å². The van der Waals surface area contributed by atoms with Crippen LogP contribution < -0.4 is 5.32 Å². The van der Waals surface area contributed by atoms with Crippen molar-refractivity contribution in [1.29, 1.82) is 0 Å². The standard InChI is InChI=1S/C18H36NO3P/c1-4-7-12-17(13-8-5-2)14-10-11-15-18(17,22-23(20)21)19-16-9-6-3/h19H,4-16H2,1-3H3/p+1. The van der Waals surface area contributed by atoms with Gasteiger partial charge in [0.25, 0.3) is 0 Å². The Labute approximate surface area is 143 Å². The molecule has 1 saturated carbocycles. The lowest BCUT2D eigenvalue weighted by atomic mass is 9.62. The summed E-state index contributed by atoms with van der Waals surface area (Å²) in [6.45, 7) is 7.47. The maximum absolute atomic E-state index is 11.6. The molecule has 23 heavy (non-hydrogen) atoms. The van der Waals surface area contributed by atoms with E-state index < -0.39 is 14.0 Å². The minimum absolute atomic E-state index is 0.00126. The lowest BCUT2D eigenvalue weighted by Gasteiger charge is -2.51. The highest BCUT2D eigenvalue weighted by molar-refractivity contribution is 7.32. The van der Waals surface area contributed by atoms with E-state index in [1.54, 1.807) is 0 Å². The summed E-state index contributed by atoms with van der Waals surface area (Å²) in [5.41, 5.74) is -0.619. The van der Waals surface area contributed by atoms with Crippen LogP contribution in [0.2, 0.25) is 0 Å². The maximum Gasteiger partial charge on any atom is 0.696 e. The highest BCUT2D eigenvalue weighted by Crippen LogP contribution is 2.54. The molecule has 5 heteroatoms. The molecular weight excluding hydrogens is 309 g/mol. The molecule has 0 aliphatic heterocycles. The van der Waals surface area contributed by atoms with E-state index in [0.717, 1.165) is 77.2 Å². The molecule has 0 radical (unpaired) electrons. The van der Waals surface area contributed by atoms with E-state index >= 15 is 0 Å². The molecule has 1 fully saturated rings. The van der Waals surface area contributed by atoms with Crippen LogP contribution in [0.4, 0.5) is 0 Å². The van der Waals surface area contributed by atoms with Crippen LogP contribution in [0.3, 0.4) is 0 Å². The average molecular weight is 346 g/mol. The molecule has 2 unspecified atom stereocenters. The van der Waals surface area contributed by atoms with E-state index in [1.807, 2.05) is 0 Å². The summed E-state index contributed by atoms with van der Waals surface area (Å²) in [7, 11) is -2.59. The van der Waals surface area contributed by atoms with Gasteiger partial charge in [-0.1, -0.05) is 63.8 Å². The summed E-state index contributed by atoms with van der Waals surface area (Å²) in [6.07, 6.45) is 13.2. The third kappa shape index (κ3) is 5.77. The van der Waals surface area contributed by atoms with Gasteiger partial charge in [-0.3, -0.25) is 5.32 Å². The van der Waals surface area contributed by atoms with Crippen molar-refractivity contribution in [3.63, 3.8) is 0 Å². The predicted molar refractivity (Wildman–Crippen MR) is 96.5 cm³/mol. The van der Waals surface area contributed by atoms with Gasteiger partial charge in [-0.15, -0.1) is 4.89 Å². The van der Waals surface area contributed by atoms with E-state index in [4.69, 9.17) is 4.52 Å². The first-order valence-electron chi connectivity index (χ1n) is 9.66. The normalized spacial score (nSPS) is 24.6. The summed E-state index contributed by atoms with van der Waals surface area (Å²) in [5, 5.41) is 3.61. The SMILES string of the molecule is CCCCNC1(O[P+](=O)O)CCCCC1(CCCC)CCCC. The van der Waals surface area contributed by atoms with Gasteiger partial charge in [0.05, 0.1) is 0 Å². The van der Waals surface area contributed by atoms with Crippen molar-refractivity contribution in [2.24, 2.45) is 5.41 Å². The number of unbranched alkanes of at least 4 members (excludes halogenated alkanes) is 3. The Balaban J connectivity index is 3.09. The Morgan fingerprint density at radius 3 is 2.09 bits per heavy atom. The van der Waals surface area contributed by atoms with Gasteiger partial charge in [0, 0.05) is 9.98 Å². The van der Waals surface area contributed by atoms with Gasteiger partial charge < -0.3 is 0 Å². The van der Waals surface area contributed by atoms with Crippen molar-refractivity contribution >= 4 is 8.25 Å². The summed E-state index contributed by atoms with van der Waals surface area (Å²) in [5.74, 6) is 0. The van der Waals surface area contributed by atoms with Crippen molar-refractivity contribution in [3.8, 4) is 0 Å². The molecule has 0 aromatic heterocycles. The second kappa shape index (κ2) is 10.8. The number of hydrogen-bond donors (Lipinski definition) is 2. The van der Waals surface area contributed by atoms with Gasteiger partial charge in [0.15, 0.2) is 5.72 Å². The molecule has 0 amide bonds. The van der Waals surface area contributed by atoms with Crippen LogP contribution in [0.5, 0.6) is 0 Å². The maximum atomic E-state index is 11.6. The molecule has 1 rings (SSSR count). The molecule has 1 aliphatic carbocycles. The third-order valence-electron chi connectivity index (χ3n) is 5.48. The highest BCUT2D eigenvalue weighted by atomic mass is 31.1. The topological polar surface area (TPSA) is 58.6 Å². The monoisotopic (exact) mass is 346 g/mol. The van der Waals surface area contributed by atoms with E-state index in [-0.39, 0.29) is 5.41 Å². The van der Waals surface area contributed by atoms with E-state index in [2.05, 4.69) is 26.1 Å². The Hall–Kier alpha value is -0.0200. The van der Waals surface area contributed by atoms with Crippen LogP contribution in [-0.4, -0.2) is 17.2 Å². The summed E-state index contributed by atoms with van der Waals surface area (Å²) in [6, 6.07) is 0. The summed E-state index contributed by atoms with van der Waals surface area (Å²) < 4.78 is 17.4. The molecule has 1 aliphatic rings. The largest absolute Gasteiger partial charge is 0.696 e.